The molecule has 0 bridgehead atoms. The van der Waals surface area contributed by atoms with Crippen molar-refractivity contribution in [2.75, 3.05) is 19.5 Å². The minimum atomic E-state index is -0.180. The van der Waals surface area contributed by atoms with E-state index in [9.17, 15) is 4.79 Å². The van der Waals surface area contributed by atoms with Crippen LogP contribution in [0.2, 0.25) is 0 Å². The number of aromatic nitrogens is 1. The van der Waals surface area contributed by atoms with Crippen LogP contribution >= 0.6 is 0 Å². The molecule has 1 N–H and O–H groups in total. The van der Waals surface area contributed by atoms with Crippen molar-refractivity contribution in [3.8, 4) is 22.8 Å². The van der Waals surface area contributed by atoms with Crippen molar-refractivity contribution in [3.63, 3.8) is 0 Å². The van der Waals surface area contributed by atoms with E-state index in [2.05, 4.69) is 12.2 Å². The van der Waals surface area contributed by atoms with Gasteiger partial charge in [0, 0.05) is 22.7 Å². The molecule has 5 heteroatoms. The van der Waals surface area contributed by atoms with E-state index in [1.165, 1.54) is 5.56 Å². The lowest BCUT2D eigenvalue weighted by Crippen LogP contribution is -2.13. The molecule has 31 heavy (non-hydrogen) atoms. The number of aryl methyl sites for hydroxylation is 1. The number of carbonyl (C=O) groups excluding carboxylic acids is 1. The Kier molecular flexibility index (Phi) is 5.85. The van der Waals surface area contributed by atoms with Crippen LogP contribution in [0.15, 0.2) is 72.8 Å². The van der Waals surface area contributed by atoms with Gasteiger partial charge in [-0.05, 0) is 48.4 Å². The topological polar surface area (TPSA) is 60.5 Å². The van der Waals surface area contributed by atoms with Crippen LogP contribution in [0.25, 0.3) is 22.2 Å². The summed E-state index contributed by atoms with van der Waals surface area (Å²) in [6.45, 7) is 2.09. The van der Waals surface area contributed by atoms with Gasteiger partial charge >= 0.3 is 0 Å². The van der Waals surface area contributed by atoms with E-state index >= 15 is 0 Å². The van der Waals surface area contributed by atoms with E-state index in [0.717, 1.165) is 28.6 Å². The fourth-order valence-corrected chi connectivity index (χ4v) is 3.58. The van der Waals surface area contributed by atoms with Crippen LogP contribution in [0, 0.1) is 0 Å². The molecule has 156 valence electrons. The minimum absolute atomic E-state index is 0.180. The van der Waals surface area contributed by atoms with Crippen LogP contribution in [0.1, 0.15) is 22.8 Å². The third-order valence-corrected chi connectivity index (χ3v) is 5.24. The van der Waals surface area contributed by atoms with Gasteiger partial charge in [0.2, 0.25) is 0 Å². The Balaban J connectivity index is 1.81. The summed E-state index contributed by atoms with van der Waals surface area (Å²) in [6, 6.07) is 22.9. The standard InChI is InChI=1S/C26H24N2O3/c1-4-17-8-7-9-18(14-17)27-26(29)22-16-24(28-23-11-6-5-10-20(22)23)21-13-12-19(30-2)15-25(21)31-3/h5-16H,4H2,1-3H3,(H,27,29). The van der Waals surface area contributed by atoms with Gasteiger partial charge in [0.25, 0.3) is 5.91 Å². The first-order valence-corrected chi connectivity index (χ1v) is 10.2. The molecule has 0 atom stereocenters. The summed E-state index contributed by atoms with van der Waals surface area (Å²) in [5, 5.41) is 3.83. The van der Waals surface area contributed by atoms with Crippen molar-refractivity contribution >= 4 is 22.5 Å². The number of amides is 1. The number of fused-ring (bicyclic) bond motifs is 1. The van der Waals surface area contributed by atoms with Crippen molar-refractivity contribution in [1.82, 2.24) is 4.98 Å². The lowest BCUT2D eigenvalue weighted by molar-refractivity contribution is 0.102. The molecule has 4 aromatic rings. The van der Waals surface area contributed by atoms with Crippen LogP contribution < -0.4 is 14.8 Å². The van der Waals surface area contributed by atoms with Crippen molar-refractivity contribution < 1.29 is 14.3 Å². The molecule has 1 heterocycles. The van der Waals surface area contributed by atoms with E-state index in [-0.39, 0.29) is 5.91 Å². The third-order valence-electron chi connectivity index (χ3n) is 5.24. The van der Waals surface area contributed by atoms with E-state index < -0.39 is 0 Å². The number of ether oxygens (including phenoxy) is 2. The van der Waals surface area contributed by atoms with Crippen LogP contribution in [-0.4, -0.2) is 25.1 Å². The van der Waals surface area contributed by atoms with Crippen LogP contribution in [0.3, 0.4) is 0 Å². The number of hydrogen-bond acceptors (Lipinski definition) is 4. The second-order valence-electron chi connectivity index (χ2n) is 7.15. The molecule has 0 saturated carbocycles. The molecule has 4 rings (SSSR count). The predicted molar refractivity (Wildman–Crippen MR) is 124 cm³/mol. The zero-order valence-corrected chi connectivity index (χ0v) is 17.8. The molecule has 1 aromatic heterocycles. The Morgan fingerprint density at radius 2 is 1.77 bits per heavy atom. The molecule has 0 unspecified atom stereocenters. The third kappa shape index (κ3) is 4.21. The minimum Gasteiger partial charge on any atom is -0.497 e. The molecule has 0 fully saturated rings. The van der Waals surface area contributed by atoms with Gasteiger partial charge in [-0.1, -0.05) is 37.3 Å². The Morgan fingerprint density at radius 3 is 2.55 bits per heavy atom. The molecule has 1 amide bonds. The first-order valence-electron chi connectivity index (χ1n) is 10.2. The lowest BCUT2D eigenvalue weighted by atomic mass is 10.0. The Hall–Kier alpha value is -3.86. The number of anilines is 1. The number of methoxy groups -OCH3 is 2. The lowest BCUT2D eigenvalue weighted by Gasteiger charge is -2.13. The van der Waals surface area contributed by atoms with Gasteiger partial charge in [-0.3, -0.25) is 4.79 Å². The molecular formula is C26H24N2O3. The van der Waals surface area contributed by atoms with E-state index in [1.54, 1.807) is 14.2 Å². The fourth-order valence-electron chi connectivity index (χ4n) is 3.58. The van der Waals surface area contributed by atoms with Gasteiger partial charge in [-0.2, -0.15) is 0 Å². The molecule has 5 nitrogen and oxygen atoms in total. The van der Waals surface area contributed by atoms with E-state index in [1.807, 2.05) is 72.8 Å². The second kappa shape index (κ2) is 8.88. The van der Waals surface area contributed by atoms with Gasteiger partial charge in [0.1, 0.15) is 11.5 Å². The first kappa shape index (κ1) is 20.4. The highest BCUT2D eigenvalue weighted by Gasteiger charge is 2.17. The van der Waals surface area contributed by atoms with Crippen LogP contribution in [0.4, 0.5) is 5.69 Å². The summed E-state index contributed by atoms with van der Waals surface area (Å²) in [6.07, 6.45) is 0.906. The molecule has 0 radical (unpaired) electrons. The maximum absolute atomic E-state index is 13.3. The second-order valence-corrected chi connectivity index (χ2v) is 7.15. The molecule has 0 spiro atoms. The maximum Gasteiger partial charge on any atom is 0.256 e. The highest BCUT2D eigenvalue weighted by molar-refractivity contribution is 6.13. The Morgan fingerprint density at radius 1 is 0.935 bits per heavy atom. The molecule has 0 aliphatic heterocycles. The summed E-state index contributed by atoms with van der Waals surface area (Å²) in [4.78, 5) is 18.1. The number of hydrogen-bond donors (Lipinski definition) is 1. The van der Waals surface area contributed by atoms with Gasteiger partial charge in [-0.15, -0.1) is 0 Å². The zero-order chi connectivity index (χ0) is 21.8. The number of para-hydroxylation sites is 1. The summed E-state index contributed by atoms with van der Waals surface area (Å²) in [7, 11) is 3.21. The van der Waals surface area contributed by atoms with Gasteiger partial charge in [0.15, 0.2) is 0 Å². The van der Waals surface area contributed by atoms with Gasteiger partial charge < -0.3 is 14.8 Å². The average molecular weight is 412 g/mol. The predicted octanol–water partition coefficient (Wildman–Crippen LogP) is 5.73. The van der Waals surface area contributed by atoms with Crippen molar-refractivity contribution in [1.29, 1.82) is 0 Å². The summed E-state index contributed by atoms with van der Waals surface area (Å²) in [5.41, 5.74) is 4.68. The Bertz CT molecular complexity index is 1250. The number of benzene rings is 3. The van der Waals surface area contributed by atoms with E-state index in [4.69, 9.17) is 14.5 Å². The smallest absolute Gasteiger partial charge is 0.256 e. The number of carbonyl (C=O) groups is 1. The largest absolute Gasteiger partial charge is 0.497 e. The van der Waals surface area contributed by atoms with Crippen molar-refractivity contribution in [2.24, 2.45) is 0 Å². The SMILES string of the molecule is CCc1cccc(NC(=O)c2cc(-c3ccc(OC)cc3OC)nc3ccccc23)c1. The molecule has 0 aliphatic carbocycles. The average Bonchev–Trinajstić information content (AvgIpc) is 2.82. The fraction of sp³-hybridized carbons (Fsp3) is 0.154. The van der Waals surface area contributed by atoms with Crippen LogP contribution in [-0.2, 0) is 6.42 Å². The number of nitrogens with zero attached hydrogens (tertiary/aromatic N) is 1. The molecule has 0 saturated heterocycles. The van der Waals surface area contributed by atoms with Crippen molar-refractivity contribution in [3.05, 3.63) is 83.9 Å². The highest BCUT2D eigenvalue weighted by atomic mass is 16.5. The van der Waals surface area contributed by atoms with Crippen molar-refractivity contribution in [2.45, 2.75) is 13.3 Å². The number of nitrogens with one attached hydrogen (secondary N) is 1. The van der Waals surface area contributed by atoms with Gasteiger partial charge in [-0.25, -0.2) is 4.98 Å². The van der Waals surface area contributed by atoms with E-state index in [0.29, 0.717) is 22.8 Å². The molecule has 3 aromatic carbocycles. The maximum atomic E-state index is 13.3. The van der Waals surface area contributed by atoms with Gasteiger partial charge in [0.05, 0.1) is 31.0 Å². The first-order chi connectivity index (χ1) is 15.1. The monoisotopic (exact) mass is 412 g/mol. The quantitative estimate of drug-likeness (QED) is 0.439. The summed E-state index contributed by atoms with van der Waals surface area (Å²) < 4.78 is 10.9. The molecular weight excluding hydrogens is 388 g/mol. The summed E-state index contributed by atoms with van der Waals surface area (Å²) >= 11 is 0. The zero-order valence-electron chi connectivity index (χ0n) is 17.8. The molecule has 0 aliphatic rings. The Labute approximate surface area is 181 Å². The van der Waals surface area contributed by atoms with Crippen LogP contribution in [0.5, 0.6) is 11.5 Å². The number of pyridine rings is 1. The normalized spacial score (nSPS) is 10.7. The number of rotatable bonds is 6. The summed E-state index contributed by atoms with van der Waals surface area (Å²) in [5.74, 6) is 1.14. The highest BCUT2D eigenvalue weighted by Crippen LogP contribution is 2.34.